The van der Waals surface area contributed by atoms with Gasteiger partial charge in [-0.3, -0.25) is 9.78 Å². The minimum Gasteiger partial charge on any atom is -0.493 e. The molecule has 0 aliphatic carbocycles. The van der Waals surface area contributed by atoms with Crippen molar-refractivity contribution in [3.8, 4) is 5.75 Å². The lowest BCUT2D eigenvalue weighted by Crippen LogP contribution is -2.14. The molecule has 0 unspecified atom stereocenters. The average molecular weight is 404 g/mol. The summed E-state index contributed by atoms with van der Waals surface area (Å²) in [7, 11) is 0. The predicted molar refractivity (Wildman–Crippen MR) is 122 cm³/mol. The molecule has 0 saturated heterocycles. The van der Waals surface area contributed by atoms with E-state index in [0.29, 0.717) is 12.1 Å². The third-order valence-corrected chi connectivity index (χ3v) is 4.82. The summed E-state index contributed by atoms with van der Waals surface area (Å²) in [4.78, 5) is 16.5. The summed E-state index contributed by atoms with van der Waals surface area (Å²) < 4.78 is 6.01. The van der Waals surface area contributed by atoms with E-state index in [9.17, 15) is 4.79 Å². The van der Waals surface area contributed by atoms with E-state index < -0.39 is 0 Å². The van der Waals surface area contributed by atoms with Crippen LogP contribution in [0.25, 0.3) is 0 Å². The first kappa shape index (κ1) is 21.4. The molecule has 5 nitrogen and oxygen atoms in total. The number of hydrogen-bond donors (Lipinski definition) is 2. The fourth-order valence-electron chi connectivity index (χ4n) is 3.14. The van der Waals surface area contributed by atoms with Gasteiger partial charge in [-0.2, -0.15) is 0 Å². The molecule has 2 N–H and O–H groups in total. The van der Waals surface area contributed by atoms with Crippen molar-refractivity contribution in [2.24, 2.45) is 0 Å². The van der Waals surface area contributed by atoms with Crippen LogP contribution in [0.5, 0.6) is 5.75 Å². The molecular weight excluding hydrogens is 374 g/mol. The maximum atomic E-state index is 12.5. The molecule has 1 amide bonds. The number of benzene rings is 2. The molecule has 5 heteroatoms. The summed E-state index contributed by atoms with van der Waals surface area (Å²) in [5.74, 6) is 0.738. The molecule has 0 atom stereocenters. The van der Waals surface area contributed by atoms with Crippen LogP contribution in [0.2, 0.25) is 0 Å². The molecule has 0 radical (unpaired) electrons. The number of amides is 1. The van der Waals surface area contributed by atoms with Gasteiger partial charge in [-0.1, -0.05) is 56.5 Å². The van der Waals surface area contributed by atoms with Gasteiger partial charge < -0.3 is 15.4 Å². The SMILES string of the molecule is CCCCCCOc1ccccc1CNc1ccccc1NC(=O)c1ccncc1. The lowest BCUT2D eigenvalue weighted by atomic mass is 10.1. The first-order valence-electron chi connectivity index (χ1n) is 10.5. The Hall–Kier alpha value is -3.34. The monoisotopic (exact) mass is 403 g/mol. The number of para-hydroxylation sites is 3. The topological polar surface area (TPSA) is 63.2 Å². The second-order valence-electron chi connectivity index (χ2n) is 7.11. The number of pyridine rings is 1. The van der Waals surface area contributed by atoms with Gasteiger partial charge in [0.05, 0.1) is 18.0 Å². The Balaban J connectivity index is 1.62. The Morgan fingerprint density at radius 1 is 0.900 bits per heavy atom. The van der Waals surface area contributed by atoms with Gasteiger partial charge in [0.1, 0.15) is 5.75 Å². The van der Waals surface area contributed by atoms with E-state index >= 15 is 0 Å². The lowest BCUT2D eigenvalue weighted by Gasteiger charge is -2.15. The molecular formula is C25H29N3O2. The third-order valence-electron chi connectivity index (χ3n) is 4.82. The molecule has 3 rings (SSSR count). The van der Waals surface area contributed by atoms with Crippen LogP contribution < -0.4 is 15.4 Å². The Kier molecular flexibility index (Phi) is 8.27. The van der Waals surface area contributed by atoms with Crippen molar-refractivity contribution in [3.05, 3.63) is 84.2 Å². The first-order chi connectivity index (χ1) is 14.8. The number of carbonyl (C=O) groups excluding carboxylic acids is 1. The summed E-state index contributed by atoms with van der Waals surface area (Å²) in [6.07, 6.45) is 7.95. The molecule has 30 heavy (non-hydrogen) atoms. The average Bonchev–Trinajstić information content (AvgIpc) is 2.79. The second-order valence-corrected chi connectivity index (χ2v) is 7.11. The molecule has 2 aromatic carbocycles. The van der Waals surface area contributed by atoms with Gasteiger partial charge in [-0.05, 0) is 36.8 Å². The Bertz CT molecular complexity index is 928. The number of anilines is 2. The smallest absolute Gasteiger partial charge is 0.255 e. The van der Waals surface area contributed by atoms with E-state index in [1.807, 2.05) is 42.5 Å². The molecule has 0 fully saturated rings. The van der Waals surface area contributed by atoms with Gasteiger partial charge in [0.15, 0.2) is 0 Å². The molecule has 0 aliphatic rings. The van der Waals surface area contributed by atoms with Crippen molar-refractivity contribution in [3.63, 3.8) is 0 Å². The van der Waals surface area contributed by atoms with Crippen LogP contribution >= 0.6 is 0 Å². The van der Waals surface area contributed by atoms with Crippen molar-refractivity contribution < 1.29 is 9.53 Å². The number of carbonyl (C=O) groups is 1. The number of aromatic nitrogens is 1. The summed E-state index contributed by atoms with van der Waals surface area (Å²) in [6.45, 7) is 3.54. The number of nitrogens with zero attached hydrogens (tertiary/aromatic N) is 1. The van der Waals surface area contributed by atoms with Gasteiger partial charge >= 0.3 is 0 Å². The minimum absolute atomic E-state index is 0.164. The lowest BCUT2D eigenvalue weighted by molar-refractivity contribution is 0.102. The predicted octanol–water partition coefficient (Wildman–Crippen LogP) is 5.91. The fraction of sp³-hybridized carbons (Fsp3) is 0.280. The van der Waals surface area contributed by atoms with Crippen LogP contribution in [-0.2, 0) is 6.54 Å². The molecule has 0 bridgehead atoms. The van der Waals surface area contributed by atoms with Crippen LogP contribution in [-0.4, -0.2) is 17.5 Å². The van der Waals surface area contributed by atoms with Crippen molar-refractivity contribution in [1.29, 1.82) is 0 Å². The standard InChI is InChI=1S/C25H29N3O2/c1-2-3-4-9-18-30-24-13-8-5-10-21(24)19-27-22-11-6-7-12-23(22)28-25(29)20-14-16-26-17-15-20/h5-8,10-17,27H,2-4,9,18-19H2,1H3,(H,28,29). The zero-order valence-electron chi connectivity index (χ0n) is 17.4. The molecule has 156 valence electrons. The highest BCUT2D eigenvalue weighted by atomic mass is 16.5. The maximum absolute atomic E-state index is 12.5. The van der Waals surface area contributed by atoms with Crippen LogP contribution in [0.4, 0.5) is 11.4 Å². The highest BCUT2D eigenvalue weighted by Gasteiger charge is 2.09. The normalized spacial score (nSPS) is 10.4. The van der Waals surface area contributed by atoms with Crippen molar-refractivity contribution in [2.75, 3.05) is 17.2 Å². The zero-order chi connectivity index (χ0) is 21.0. The Morgan fingerprint density at radius 3 is 2.43 bits per heavy atom. The van der Waals surface area contributed by atoms with Gasteiger partial charge in [0, 0.05) is 30.1 Å². The van der Waals surface area contributed by atoms with Gasteiger partial charge in [-0.15, -0.1) is 0 Å². The van der Waals surface area contributed by atoms with Crippen LogP contribution in [0.15, 0.2) is 73.1 Å². The van der Waals surface area contributed by atoms with Crippen LogP contribution in [0.1, 0.15) is 48.5 Å². The Morgan fingerprint density at radius 2 is 1.63 bits per heavy atom. The quantitative estimate of drug-likeness (QED) is 0.391. The third kappa shape index (κ3) is 6.34. The highest BCUT2D eigenvalue weighted by molar-refractivity contribution is 6.05. The largest absolute Gasteiger partial charge is 0.493 e. The highest BCUT2D eigenvalue weighted by Crippen LogP contribution is 2.25. The fourth-order valence-corrected chi connectivity index (χ4v) is 3.14. The molecule has 0 spiro atoms. The van der Waals surface area contributed by atoms with Gasteiger partial charge in [0.2, 0.25) is 0 Å². The number of rotatable bonds is 11. The number of unbranched alkanes of at least 4 members (excludes halogenated alkanes) is 3. The van der Waals surface area contributed by atoms with E-state index in [4.69, 9.17) is 4.74 Å². The van der Waals surface area contributed by atoms with E-state index in [-0.39, 0.29) is 5.91 Å². The first-order valence-corrected chi connectivity index (χ1v) is 10.5. The minimum atomic E-state index is -0.164. The van der Waals surface area contributed by atoms with Gasteiger partial charge in [-0.25, -0.2) is 0 Å². The van der Waals surface area contributed by atoms with E-state index in [2.05, 4.69) is 28.6 Å². The van der Waals surface area contributed by atoms with E-state index in [1.54, 1.807) is 24.5 Å². The van der Waals surface area contributed by atoms with Crippen molar-refractivity contribution in [2.45, 2.75) is 39.2 Å². The molecule has 0 saturated carbocycles. The van der Waals surface area contributed by atoms with Crippen LogP contribution in [0.3, 0.4) is 0 Å². The van der Waals surface area contributed by atoms with Crippen LogP contribution in [0, 0.1) is 0 Å². The number of ether oxygens (including phenoxy) is 1. The molecule has 1 heterocycles. The summed E-state index contributed by atoms with van der Waals surface area (Å²) in [5.41, 5.74) is 3.25. The second kappa shape index (κ2) is 11.6. The van der Waals surface area contributed by atoms with Gasteiger partial charge in [0.25, 0.3) is 5.91 Å². The number of nitrogens with one attached hydrogen (secondary N) is 2. The molecule has 0 aliphatic heterocycles. The van der Waals surface area contributed by atoms with Crippen molar-refractivity contribution >= 4 is 17.3 Å². The molecule has 3 aromatic rings. The Labute approximate surface area is 178 Å². The number of hydrogen-bond acceptors (Lipinski definition) is 4. The summed E-state index contributed by atoms with van der Waals surface area (Å²) >= 11 is 0. The summed E-state index contributed by atoms with van der Waals surface area (Å²) in [5, 5.41) is 6.40. The zero-order valence-corrected chi connectivity index (χ0v) is 17.4. The maximum Gasteiger partial charge on any atom is 0.255 e. The van der Waals surface area contributed by atoms with E-state index in [0.717, 1.165) is 35.7 Å². The van der Waals surface area contributed by atoms with E-state index in [1.165, 1.54) is 19.3 Å². The van der Waals surface area contributed by atoms with Crippen molar-refractivity contribution in [1.82, 2.24) is 4.98 Å². The summed E-state index contributed by atoms with van der Waals surface area (Å²) in [6, 6.07) is 19.2. The molecule has 1 aromatic heterocycles.